The molecule has 1 amide bonds. The van der Waals surface area contributed by atoms with Crippen molar-refractivity contribution in [2.75, 3.05) is 5.32 Å². The second-order valence-corrected chi connectivity index (χ2v) is 7.78. The number of anilines is 1. The van der Waals surface area contributed by atoms with E-state index in [4.69, 9.17) is 0 Å². The summed E-state index contributed by atoms with van der Waals surface area (Å²) in [5.41, 5.74) is 6.39. The number of nitrogens with one attached hydrogen (secondary N) is 1. The molecule has 0 aliphatic heterocycles. The average Bonchev–Trinajstić information content (AvgIpc) is 3.19. The molecule has 0 unspecified atom stereocenters. The fourth-order valence-corrected chi connectivity index (χ4v) is 3.96. The van der Waals surface area contributed by atoms with Gasteiger partial charge in [-0.05, 0) is 48.2 Å². The molecular formula is C24H20N2OS. The highest BCUT2D eigenvalue weighted by molar-refractivity contribution is 7.19. The molecule has 0 saturated heterocycles. The number of thiazole rings is 1. The zero-order chi connectivity index (χ0) is 19.5. The van der Waals surface area contributed by atoms with E-state index in [1.807, 2.05) is 48.7 Å². The predicted octanol–water partition coefficient (Wildman–Crippen LogP) is 6.35. The highest BCUT2D eigenvalue weighted by atomic mass is 32.1. The van der Waals surface area contributed by atoms with E-state index in [1.54, 1.807) is 0 Å². The lowest BCUT2D eigenvalue weighted by atomic mass is 10.0. The van der Waals surface area contributed by atoms with Crippen LogP contribution in [0.25, 0.3) is 21.6 Å². The van der Waals surface area contributed by atoms with Crippen LogP contribution in [-0.2, 0) is 0 Å². The molecule has 28 heavy (non-hydrogen) atoms. The van der Waals surface area contributed by atoms with E-state index in [-0.39, 0.29) is 5.91 Å². The number of carbonyl (C=O) groups excluding carboxylic acids is 1. The van der Waals surface area contributed by atoms with E-state index in [2.05, 4.69) is 54.5 Å². The van der Waals surface area contributed by atoms with Gasteiger partial charge in [0.2, 0.25) is 0 Å². The summed E-state index contributed by atoms with van der Waals surface area (Å²) in [6.45, 7) is 4.16. The van der Waals surface area contributed by atoms with Gasteiger partial charge in [0, 0.05) is 11.8 Å². The van der Waals surface area contributed by atoms with Crippen molar-refractivity contribution in [1.29, 1.82) is 0 Å². The van der Waals surface area contributed by atoms with Crippen molar-refractivity contribution in [3.05, 3.63) is 95.7 Å². The highest BCUT2D eigenvalue weighted by Gasteiger charge is 2.11. The molecule has 3 nitrogen and oxygen atoms in total. The standard InChI is InChI=1S/C24H20N2OS/c1-16-8-9-17(2)21(14-16)22-15-25-24(28-22)26-23(27)20-12-10-19(11-13-20)18-6-4-3-5-7-18/h3-15H,1-2H3,(H,25,26,27). The van der Waals surface area contributed by atoms with Crippen LogP contribution in [0, 0.1) is 13.8 Å². The predicted molar refractivity (Wildman–Crippen MR) is 117 cm³/mol. The molecule has 1 heterocycles. The summed E-state index contributed by atoms with van der Waals surface area (Å²) in [5.74, 6) is -0.151. The first-order valence-corrected chi connectivity index (χ1v) is 9.92. The minimum atomic E-state index is -0.151. The van der Waals surface area contributed by atoms with Gasteiger partial charge in [0.1, 0.15) is 0 Å². The number of hydrogen-bond donors (Lipinski definition) is 1. The molecular weight excluding hydrogens is 364 g/mol. The fourth-order valence-electron chi connectivity index (χ4n) is 3.07. The van der Waals surface area contributed by atoms with Crippen molar-refractivity contribution in [3.8, 4) is 21.6 Å². The van der Waals surface area contributed by atoms with Crippen LogP contribution in [0.15, 0.2) is 79.0 Å². The average molecular weight is 385 g/mol. The van der Waals surface area contributed by atoms with Gasteiger partial charge < -0.3 is 0 Å². The number of aromatic nitrogens is 1. The van der Waals surface area contributed by atoms with Gasteiger partial charge in [-0.2, -0.15) is 0 Å². The zero-order valence-corrected chi connectivity index (χ0v) is 16.6. The molecule has 0 radical (unpaired) electrons. The summed E-state index contributed by atoms with van der Waals surface area (Å²) in [5, 5.41) is 3.51. The first-order chi connectivity index (χ1) is 13.6. The number of hydrogen-bond acceptors (Lipinski definition) is 3. The Hall–Kier alpha value is -3.24. The molecule has 0 aliphatic carbocycles. The molecule has 4 aromatic rings. The quantitative estimate of drug-likeness (QED) is 0.446. The Kier molecular flexibility index (Phi) is 5.04. The Morgan fingerprint density at radius 3 is 2.36 bits per heavy atom. The van der Waals surface area contributed by atoms with Gasteiger partial charge in [-0.1, -0.05) is 77.6 Å². The summed E-state index contributed by atoms with van der Waals surface area (Å²) in [6.07, 6.45) is 1.82. The Bertz CT molecular complexity index is 1120. The van der Waals surface area contributed by atoms with Gasteiger partial charge in [0.15, 0.2) is 5.13 Å². The summed E-state index contributed by atoms with van der Waals surface area (Å²) in [7, 11) is 0. The topological polar surface area (TPSA) is 42.0 Å². The van der Waals surface area contributed by atoms with E-state index in [1.165, 1.54) is 22.5 Å². The van der Waals surface area contributed by atoms with Gasteiger partial charge in [0.05, 0.1) is 4.88 Å². The summed E-state index contributed by atoms with van der Waals surface area (Å²) in [4.78, 5) is 18.0. The second kappa shape index (κ2) is 7.79. The largest absolute Gasteiger partial charge is 0.298 e. The molecule has 4 heteroatoms. The molecule has 0 bridgehead atoms. The van der Waals surface area contributed by atoms with Crippen LogP contribution in [0.4, 0.5) is 5.13 Å². The van der Waals surface area contributed by atoms with Crippen molar-refractivity contribution in [3.63, 3.8) is 0 Å². The van der Waals surface area contributed by atoms with Crippen LogP contribution >= 0.6 is 11.3 Å². The van der Waals surface area contributed by atoms with Crippen LogP contribution < -0.4 is 5.32 Å². The van der Waals surface area contributed by atoms with Crippen LogP contribution in [0.5, 0.6) is 0 Å². The molecule has 0 aliphatic rings. The van der Waals surface area contributed by atoms with Gasteiger partial charge >= 0.3 is 0 Å². The molecule has 4 rings (SSSR count). The minimum absolute atomic E-state index is 0.151. The molecule has 138 valence electrons. The van der Waals surface area contributed by atoms with Crippen molar-refractivity contribution < 1.29 is 4.79 Å². The van der Waals surface area contributed by atoms with Crippen LogP contribution in [0.3, 0.4) is 0 Å². The van der Waals surface area contributed by atoms with E-state index in [9.17, 15) is 4.79 Å². The molecule has 3 aromatic carbocycles. The Balaban J connectivity index is 1.50. The number of benzene rings is 3. The van der Waals surface area contributed by atoms with Crippen molar-refractivity contribution >= 4 is 22.4 Å². The van der Waals surface area contributed by atoms with Crippen LogP contribution in [-0.4, -0.2) is 10.9 Å². The first-order valence-electron chi connectivity index (χ1n) is 9.10. The van der Waals surface area contributed by atoms with E-state index >= 15 is 0 Å². The third-order valence-corrected chi connectivity index (χ3v) is 5.58. The molecule has 1 aromatic heterocycles. The van der Waals surface area contributed by atoms with Gasteiger partial charge in [-0.25, -0.2) is 4.98 Å². The lowest BCUT2D eigenvalue weighted by Crippen LogP contribution is -2.11. The maximum atomic E-state index is 12.6. The second-order valence-electron chi connectivity index (χ2n) is 6.75. The number of amides is 1. The SMILES string of the molecule is Cc1ccc(C)c(-c2cnc(NC(=O)c3ccc(-c4ccccc4)cc3)s2)c1. The van der Waals surface area contributed by atoms with Gasteiger partial charge in [0.25, 0.3) is 5.91 Å². The van der Waals surface area contributed by atoms with E-state index in [0.717, 1.165) is 21.6 Å². The maximum Gasteiger partial charge on any atom is 0.257 e. The van der Waals surface area contributed by atoms with Gasteiger partial charge in [-0.15, -0.1) is 0 Å². The molecule has 1 N–H and O–H groups in total. The molecule has 0 saturated carbocycles. The Morgan fingerprint density at radius 2 is 1.61 bits per heavy atom. The van der Waals surface area contributed by atoms with E-state index < -0.39 is 0 Å². The Labute approximate surface area is 168 Å². The van der Waals surface area contributed by atoms with Crippen molar-refractivity contribution in [1.82, 2.24) is 4.98 Å². The summed E-state index contributed by atoms with van der Waals surface area (Å²) in [6, 6.07) is 24.1. The van der Waals surface area contributed by atoms with Gasteiger partial charge in [-0.3, -0.25) is 10.1 Å². The molecule has 0 atom stereocenters. The highest BCUT2D eigenvalue weighted by Crippen LogP contribution is 2.32. The first kappa shape index (κ1) is 18.1. The fraction of sp³-hybridized carbons (Fsp3) is 0.0833. The molecule has 0 spiro atoms. The normalized spacial score (nSPS) is 10.6. The number of nitrogens with zero attached hydrogens (tertiary/aromatic N) is 1. The van der Waals surface area contributed by atoms with Crippen molar-refractivity contribution in [2.24, 2.45) is 0 Å². The third kappa shape index (κ3) is 3.87. The smallest absolute Gasteiger partial charge is 0.257 e. The minimum Gasteiger partial charge on any atom is -0.298 e. The lowest BCUT2D eigenvalue weighted by molar-refractivity contribution is 0.102. The maximum absolute atomic E-state index is 12.6. The van der Waals surface area contributed by atoms with Crippen LogP contribution in [0.2, 0.25) is 0 Å². The number of carbonyl (C=O) groups is 1. The van der Waals surface area contributed by atoms with E-state index in [0.29, 0.717) is 10.7 Å². The number of aryl methyl sites for hydroxylation is 2. The Morgan fingerprint density at radius 1 is 0.893 bits per heavy atom. The third-order valence-electron chi connectivity index (χ3n) is 4.64. The monoisotopic (exact) mass is 384 g/mol. The summed E-state index contributed by atoms with van der Waals surface area (Å²) < 4.78 is 0. The van der Waals surface area contributed by atoms with Crippen LogP contribution in [0.1, 0.15) is 21.5 Å². The van der Waals surface area contributed by atoms with Crippen molar-refractivity contribution in [2.45, 2.75) is 13.8 Å². The zero-order valence-electron chi connectivity index (χ0n) is 15.8. The molecule has 0 fully saturated rings. The lowest BCUT2D eigenvalue weighted by Gasteiger charge is -2.05. The summed E-state index contributed by atoms with van der Waals surface area (Å²) >= 11 is 1.49. The number of rotatable bonds is 4.